The van der Waals surface area contributed by atoms with Crippen molar-refractivity contribution >= 4 is 11.6 Å². The summed E-state index contributed by atoms with van der Waals surface area (Å²) in [7, 11) is 0. The van der Waals surface area contributed by atoms with Gasteiger partial charge in [-0.3, -0.25) is 0 Å². The zero-order valence-electron chi connectivity index (χ0n) is 9.50. The van der Waals surface area contributed by atoms with Crippen molar-refractivity contribution in [2.45, 2.75) is 32.4 Å². The largest absolute Gasteiger partial charge is 0.392 e. The first-order valence-corrected chi connectivity index (χ1v) is 5.79. The molecule has 0 spiro atoms. The monoisotopic (exact) mass is 245 g/mol. The Morgan fingerprint density at radius 3 is 2.75 bits per heavy atom. The minimum absolute atomic E-state index is 0.117. The molecule has 0 bridgehead atoms. The molecule has 0 aliphatic heterocycles. The van der Waals surface area contributed by atoms with Crippen molar-refractivity contribution in [2.75, 3.05) is 6.54 Å². The van der Waals surface area contributed by atoms with E-state index in [1.807, 2.05) is 6.92 Å². The van der Waals surface area contributed by atoms with Crippen LogP contribution < -0.4 is 5.32 Å². The van der Waals surface area contributed by atoms with E-state index in [9.17, 15) is 9.50 Å². The maximum atomic E-state index is 13.7. The topological polar surface area (TPSA) is 32.3 Å². The van der Waals surface area contributed by atoms with Crippen molar-refractivity contribution in [3.63, 3.8) is 0 Å². The molecule has 1 rings (SSSR count). The summed E-state index contributed by atoms with van der Waals surface area (Å²) in [6.45, 7) is 4.08. The van der Waals surface area contributed by atoms with E-state index < -0.39 is 6.10 Å². The van der Waals surface area contributed by atoms with Crippen LogP contribution in [0.3, 0.4) is 0 Å². The maximum absolute atomic E-state index is 13.7. The molecule has 0 aliphatic rings. The van der Waals surface area contributed by atoms with Crippen molar-refractivity contribution in [3.05, 3.63) is 34.6 Å². The highest BCUT2D eigenvalue weighted by atomic mass is 35.5. The van der Waals surface area contributed by atoms with Crippen LogP contribution in [-0.4, -0.2) is 17.8 Å². The Balaban J connectivity index is 2.82. The van der Waals surface area contributed by atoms with Gasteiger partial charge in [0, 0.05) is 18.2 Å². The van der Waals surface area contributed by atoms with Gasteiger partial charge in [-0.2, -0.15) is 0 Å². The van der Waals surface area contributed by atoms with E-state index >= 15 is 0 Å². The molecule has 0 saturated carbocycles. The lowest BCUT2D eigenvalue weighted by Crippen LogP contribution is -2.29. The molecular formula is C12H17ClFNO. The summed E-state index contributed by atoms with van der Waals surface area (Å²) in [4.78, 5) is 0. The molecule has 90 valence electrons. The standard InChI is InChI=1S/C12H17ClFNO/c1-3-11(15-7-8(2)16)9-5-4-6-10(13)12(9)14/h4-6,8,11,15-16H,3,7H2,1-2H3/t8-,11-/m0/s1. The molecular weight excluding hydrogens is 229 g/mol. The number of nitrogens with one attached hydrogen (secondary N) is 1. The zero-order valence-corrected chi connectivity index (χ0v) is 10.3. The van der Waals surface area contributed by atoms with Gasteiger partial charge in [0.1, 0.15) is 5.82 Å². The van der Waals surface area contributed by atoms with E-state index in [0.717, 1.165) is 6.42 Å². The Bertz CT molecular complexity index is 344. The van der Waals surface area contributed by atoms with E-state index in [4.69, 9.17) is 11.6 Å². The lowest BCUT2D eigenvalue weighted by molar-refractivity contribution is 0.185. The fourth-order valence-corrected chi connectivity index (χ4v) is 1.76. The molecule has 2 N–H and O–H groups in total. The van der Waals surface area contributed by atoms with Crippen LogP contribution >= 0.6 is 11.6 Å². The highest BCUT2D eigenvalue weighted by Crippen LogP contribution is 2.25. The number of rotatable bonds is 5. The summed E-state index contributed by atoms with van der Waals surface area (Å²) in [5.41, 5.74) is 0.552. The van der Waals surface area contributed by atoms with Gasteiger partial charge in [-0.15, -0.1) is 0 Å². The smallest absolute Gasteiger partial charge is 0.146 e. The third kappa shape index (κ3) is 3.44. The summed E-state index contributed by atoms with van der Waals surface area (Å²) in [6, 6.07) is 4.85. The summed E-state index contributed by atoms with van der Waals surface area (Å²) in [5.74, 6) is -0.380. The van der Waals surface area contributed by atoms with Gasteiger partial charge in [-0.25, -0.2) is 4.39 Å². The van der Waals surface area contributed by atoms with E-state index in [2.05, 4.69) is 5.32 Å². The summed E-state index contributed by atoms with van der Waals surface area (Å²) in [5, 5.41) is 12.4. The zero-order chi connectivity index (χ0) is 12.1. The number of halogens is 2. The molecule has 2 nitrogen and oxygen atoms in total. The number of aliphatic hydroxyl groups is 1. The van der Waals surface area contributed by atoms with Crippen LogP contribution in [0, 0.1) is 5.82 Å². The lowest BCUT2D eigenvalue weighted by atomic mass is 10.0. The normalized spacial score (nSPS) is 14.8. The first kappa shape index (κ1) is 13.4. The van der Waals surface area contributed by atoms with Gasteiger partial charge in [0.25, 0.3) is 0 Å². The van der Waals surface area contributed by atoms with Crippen molar-refractivity contribution in [3.8, 4) is 0 Å². The molecule has 16 heavy (non-hydrogen) atoms. The van der Waals surface area contributed by atoms with Crippen LogP contribution in [0.15, 0.2) is 18.2 Å². The van der Waals surface area contributed by atoms with E-state index in [0.29, 0.717) is 12.1 Å². The fourth-order valence-electron chi connectivity index (χ4n) is 1.58. The Labute approximate surface area is 100 Å². The van der Waals surface area contributed by atoms with Gasteiger partial charge in [0.05, 0.1) is 11.1 Å². The molecule has 0 unspecified atom stereocenters. The van der Waals surface area contributed by atoms with Gasteiger partial charge in [0.15, 0.2) is 0 Å². The molecule has 1 aromatic carbocycles. The molecule has 0 radical (unpaired) electrons. The molecule has 0 heterocycles. The Hall–Kier alpha value is -0.640. The second-order valence-corrected chi connectivity index (χ2v) is 4.27. The van der Waals surface area contributed by atoms with Crippen LogP contribution in [0.4, 0.5) is 4.39 Å². The van der Waals surface area contributed by atoms with E-state index in [-0.39, 0.29) is 16.9 Å². The molecule has 0 amide bonds. The van der Waals surface area contributed by atoms with Crippen LogP contribution in [0.25, 0.3) is 0 Å². The molecule has 1 aromatic rings. The maximum Gasteiger partial charge on any atom is 0.146 e. The lowest BCUT2D eigenvalue weighted by Gasteiger charge is -2.19. The van der Waals surface area contributed by atoms with Crippen LogP contribution in [0.1, 0.15) is 31.9 Å². The quantitative estimate of drug-likeness (QED) is 0.836. The summed E-state index contributed by atoms with van der Waals surface area (Å²) in [6.07, 6.45) is 0.292. The third-order valence-electron chi connectivity index (χ3n) is 2.42. The van der Waals surface area contributed by atoms with Crippen LogP contribution in [0.2, 0.25) is 5.02 Å². The highest BCUT2D eigenvalue weighted by molar-refractivity contribution is 6.30. The summed E-state index contributed by atoms with van der Waals surface area (Å²) < 4.78 is 13.7. The first-order valence-electron chi connectivity index (χ1n) is 5.41. The van der Waals surface area contributed by atoms with E-state index in [1.54, 1.807) is 19.1 Å². The Kier molecular flexibility index (Phi) is 5.19. The average Bonchev–Trinajstić information content (AvgIpc) is 2.24. The SMILES string of the molecule is CC[C@H](NC[C@H](C)O)c1cccc(Cl)c1F. The molecule has 2 atom stereocenters. The molecule has 0 fully saturated rings. The predicted molar refractivity (Wildman–Crippen MR) is 64.1 cm³/mol. The molecule has 0 aliphatic carbocycles. The predicted octanol–water partition coefficient (Wildman–Crippen LogP) is 2.90. The minimum Gasteiger partial charge on any atom is -0.392 e. The van der Waals surface area contributed by atoms with Crippen LogP contribution in [0.5, 0.6) is 0 Å². The van der Waals surface area contributed by atoms with Gasteiger partial charge in [-0.1, -0.05) is 30.7 Å². The minimum atomic E-state index is -0.448. The molecule has 0 saturated heterocycles. The number of hydrogen-bond donors (Lipinski definition) is 2. The molecule has 4 heteroatoms. The van der Waals surface area contributed by atoms with Gasteiger partial charge in [-0.05, 0) is 19.4 Å². The summed E-state index contributed by atoms with van der Waals surface area (Å²) >= 11 is 5.73. The second-order valence-electron chi connectivity index (χ2n) is 3.86. The average molecular weight is 246 g/mol. The van der Waals surface area contributed by atoms with Crippen molar-refractivity contribution in [1.29, 1.82) is 0 Å². The highest BCUT2D eigenvalue weighted by Gasteiger charge is 2.15. The van der Waals surface area contributed by atoms with Gasteiger partial charge >= 0.3 is 0 Å². The van der Waals surface area contributed by atoms with Crippen LogP contribution in [-0.2, 0) is 0 Å². The number of hydrogen-bond acceptors (Lipinski definition) is 2. The first-order chi connectivity index (χ1) is 7.56. The van der Waals surface area contributed by atoms with Crippen molar-refractivity contribution < 1.29 is 9.50 Å². The number of aliphatic hydroxyl groups excluding tert-OH is 1. The third-order valence-corrected chi connectivity index (χ3v) is 2.72. The Morgan fingerprint density at radius 1 is 1.50 bits per heavy atom. The number of benzene rings is 1. The second kappa shape index (κ2) is 6.18. The van der Waals surface area contributed by atoms with Crippen molar-refractivity contribution in [2.24, 2.45) is 0 Å². The van der Waals surface area contributed by atoms with Gasteiger partial charge in [0.2, 0.25) is 0 Å². The fraction of sp³-hybridized carbons (Fsp3) is 0.500. The van der Waals surface area contributed by atoms with Crippen molar-refractivity contribution in [1.82, 2.24) is 5.32 Å². The van der Waals surface area contributed by atoms with Gasteiger partial charge < -0.3 is 10.4 Å². The Morgan fingerprint density at radius 2 is 2.19 bits per heavy atom. The van der Waals surface area contributed by atoms with E-state index in [1.165, 1.54) is 6.07 Å². The molecule has 0 aromatic heterocycles.